The largest absolute Gasteiger partial charge is 0.352 e. The van der Waals surface area contributed by atoms with Gasteiger partial charge in [0.1, 0.15) is 5.82 Å². The van der Waals surface area contributed by atoms with Crippen molar-refractivity contribution in [2.45, 2.75) is 52.2 Å². The van der Waals surface area contributed by atoms with Crippen LogP contribution in [0.25, 0.3) is 0 Å². The second-order valence-corrected chi connectivity index (χ2v) is 6.80. The molecule has 1 aromatic rings. The fourth-order valence-electron chi connectivity index (χ4n) is 3.29. The molecule has 0 saturated carbocycles. The molecule has 2 rings (SSSR count). The Bertz CT molecular complexity index is 463. The maximum Gasteiger partial charge on any atom is 0.131 e. The summed E-state index contributed by atoms with van der Waals surface area (Å²) in [4.78, 5) is 4.86. The molecule has 0 aliphatic carbocycles. The number of rotatable bonds is 6. The Hall–Kier alpha value is -1.07. The molecule has 5 nitrogen and oxygen atoms in total. The molecule has 0 spiro atoms. The van der Waals surface area contributed by atoms with Gasteiger partial charge in [-0.05, 0) is 33.9 Å². The summed E-state index contributed by atoms with van der Waals surface area (Å²) >= 11 is 0. The SMILES string of the molecule is Cc1nn(C)c(N2CCCC2CN(C)C)c1CNC(C)C. The zero-order valence-corrected chi connectivity index (χ0v) is 14.5. The fourth-order valence-corrected chi connectivity index (χ4v) is 3.29. The number of likely N-dealkylation sites (N-methyl/N-ethyl adjacent to an activating group) is 1. The van der Waals surface area contributed by atoms with Crippen molar-refractivity contribution in [2.75, 3.05) is 32.1 Å². The predicted molar refractivity (Wildman–Crippen MR) is 88.8 cm³/mol. The number of aryl methyl sites for hydroxylation is 2. The van der Waals surface area contributed by atoms with Crippen LogP contribution in [-0.4, -0.2) is 53.9 Å². The summed E-state index contributed by atoms with van der Waals surface area (Å²) in [7, 11) is 6.39. The maximum absolute atomic E-state index is 4.67. The lowest BCUT2D eigenvalue weighted by Gasteiger charge is -2.30. The molecule has 21 heavy (non-hydrogen) atoms. The van der Waals surface area contributed by atoms with Crippen molar-refractivity contribution in [1.29, 1.82) is 0 Å². The molecule has 1 atom stereocenters. The molecule has 1 unspecified atom stereocenters. The lowest BCUT2D eigenvalue weighted by atomic mass is 10.1. The summed E-state index contributed by atoms with van der Waals surface area (Å²) < 4.78 is 2.07. The highest BCUT2D eigenvalue weighted by Gasteiger charge is 2.30. The van der Waals surface area contributed by atoms with Crippen LogP contribution in [0.3, 0.4) is 0 Å². The zero-order chi connectivity index (χ0) is 15.6. The van der Waals surface area contributed by atoms with E-state index in [4.69, 9.17) is 0 Å². The summed E-state index contributed by atoms with van der Waals surface area (Å²) in [5.74, 6) is 1.31. The van der Waals surface area contributed by atoms with Crippen molar-refractivity contribution in [3.05, 3.63) is 11.3 Å². The number of nitrogens with zero attached hydrogens (tertiary/aromatic N) is 4. The number of hydrogen-bond acceptors (Lipinski definition) is 4. The molecule has 1 aromatic heterocycles. The number of anilines is 1. The van der Waals surface area contributed by atoms with Gasteiger partial charge in [0.05, 0.1) is 5.69 Å². The van der Waals surface area contributed by atoms with E-state index in [0.29, 0.717) is 12.1 Å². The third kappa shape index (κ3) is 3.77. The first-order valence-electron chi connectivity index (χ1n) is 8.07. The van der Waals surface area contributed by atoms with Crippen molar-refractivity contribution < 1.29 is 0 Å². The van der Waals surface area contributed by atoms with Crippen molar-refractivity contribution in [3.63, 3.8) is 0 Å². The van der Waals surface area contributed by atoms with Crippen LogP contribution in [0.4, 0.5) is 5.82 Å². The van der Waals surface area contributed by atoms with Crippen LogP contribution in [0.1, 0.15) is 37.9 Å². The smallest absolute Gasteiger partial charge is 0.131 e. The average molecular weight is 293 g/mol. The number of hydrogen-bond donors (Lipinski definition) is 1. The first kappa shape index (κ1) is 16.3. The van der Waals surface area contributed by atoms with E-state index in [1.54, 1.807) is 0 Å². The van der Waals surface area contributed by atoms with Crippen LogP contribution in [0.15, 0.2) is 0 Å². The van der Waals surface area contributed by atoms with Gasteiger partial charge in [0.2, 0.25) is 0 Å². The summed E-state index contributed by atoms with van der Waals surface area (Å²) in [6, 6.07) is 1.10. The molecule has 0 radical (unpaired) electrons. The van der Waals surface area contributed by atoms with E-state index in [9.17, 15) is 0 Å². The van der Waals surface area contributed by atoms with E-state index in [-0.39, 0.29) is 0 Å². The molecule has 1 aliphatic rings. The van der Waals surface area contributed by atoms with Gasteiger partial charge in [-0.3, -0.25) is 4.68 Å². The van der Waals surface area contributed by atoms with Gasteiger partial charge in [-0.15, -0.1) is 0 Å². The van der Waals surface area contributed by atoms with Crippen LogP contribution in [0.2, 0.25) is 0 Å². The van der Waals surface area contributed by atoms with Gasteiger partial charge in [0.25, 0.3) is 0 Å². The Kier molecular flexibility index (Phi) is 5.27. The van der Waals surface area contributed by atoms with Crippen molar-refractivity contribution in [2.24, 2.45) is 7.05 Å². The number of nitrogens with one attached hydrogen (secondary N) is 1. The Labute approximate surface area is 129 Å². The van der Waals surface area contributed by atoms with Crippen molar-refractivity contribution >= 4 is 5.82 Å². The first-order valence-corrected chi connectivity index (χ1v) is 8.07. The summed E-state index contributed by atoms with van der Waals surface area (Å²) in [5, 5.41) is 8.21. The Morgan fingerprint density at radius 3 is 2.71 bits per heavy atom. The Morgan fingerprint density at radius 1 is 1.38 bits per heavy atom. The highest BCUT2D eigenvalue weighted by atomic mass is 15.4. The van der Waals surface area contributed by atoms with Crippen molar-refractivity contribution in [1.82, 2.24) is 20.0 Å². The molecular formula is C16H31N5. The van der Waals surface area contributed by atoms with E-state index in [1.807, 2.05) is 0 Å². The minimum Gasteiger partial charge on any atom is -0.352 e. The predicted octanol–water partition coefficient (Wildman–Crippen LogP) is 1.76. The molecule has 0 amide bonds. The molecule has 0 aromatic carbocycles. The molecule has 1 aliphatic heterocycles. The van der Waals surface area contributed by atoms with E-state index < -0.39 is 0 Å². The van der Waals surface area contributed by atoms with E-state index in [2.05, 4.69) is 66.8 Å². The minimum atomic E-state index is 0.494. The topological polar surface area (TPSA) is 36.3 Å². The fraction of sp³-hybridized carbons (Fsp3) is 0.812. The molecule has 2 heterocycles. The highest BCUT2D eigenvalue weighted by molar-refractivity contribution is 5.52. The first-order chi connectivity index (χ1) is 9.90. The maximum atomic E-state index is 4.67. The molecule has 1 saturated heterocycles. The summed E-state index contributed by atoms with van der Waals surface area (Å²) in [6.45, 7) is 9.66. The molecule has 5 heteroatoms. The van der Waals surface area contributed by atoms with Crippen LogP contribution in [0, 0.1) is 6.92 Å². The van der Waals surface area contributed by atoms with Crippen LogP contribution < -0.4 is 10.2 Å². The zero-order valence-electron chi connectivity index (χ0n) is 14.5. The van der Waals surface area contributed by atoms with E-state index in [0.717, 1.165) is 25.3 Å². The Balaban J connectivity index is 2.25. The van der Waals surface area contributed by atoms with Crippen LogP contribution >= 0.6 is 0 Å². The number of aromatic nitrogens is 2. The second kappa shape index (κ2) is 6.79. The van der Waals surface area contributed by atoms with Gasteiger partial charge in [-0.2, -0.15) is 5.10 Å². The molecule has 120 valence electrons. The molecule has 1 N–H and O–H groups in total. The summed E-state index contributed by atoms with van der Waals surface area (Å²) in [5.41, 5.74) is 2.51. The van der Waals surface area contributed by atoms with Gasteiger partial charge < -0.3 is 15.1 Å². The quantitative estimate of drug-likeness (QED) is 0.867. The Morgan fingerprint density at radius 2 is 2.10 bits per heavy atom. The van der Waals surface area contributed by atoms with Gasteiger partial charge in [-0.25, -0.2) is 0 Å². The monoisotopic (exact) mass is 293 g/mol. The lowest BCUT2D eigenvalue weighted by molar-refractivity contribution is 0.370. The van der Waals surface area contributed by atoms with Gasteiger partial charge >= 0.3 is 0 Å². The van der Waals surface area contributed by atoms with Gasteiger partial charge in [0.15, 0.2) is 0 Å². The normalized spacial score (nSPS) is 19.2. The lowest BCUT2D eigenvalue weighted by Crippen LogP contribution is -2.39. The van der Waals surface area contributed by atoms with Crippen LogP contribution in [0.5, 0.6) is 0 Å². The third-order valence-electron chi connectivity index (χ3n) is 4.23. The standard InChI is InChI=1S/C16H31N5/c1-12(2)17-10-15-13(3)18-20(6)16(15)21-9-7-8-14(21)11-19(4)5/h12,14,17H,7-11H2,1-6H3. The van der Waals surface area contributed by atoms with E-state index >= 15 is 0 Å². The molecular weight excluding hydrogens is 262 g/mol. The average Bonchev–Trinajstić information content (AvgIpc) is 2.90. The molecule has 0 bridgehead atoms. The van der Waals surface area contributed by atoms with Crippen LogP contribution in [-0.2, 0) is 13.6 Å². The minimum absolute atomic E-state index is 0.494. The highest BCUT2D eigenvalue weighted by Crippen LogP contribution is 2.30. The van der Waals surface area contributed by atoms with Crippen molar-refractivity contribution in [3.8, 4) is 0 Å². The second-order valence-electron chi connectivity index (χ2n) is 6.80. The van der Waals surface area contributed by atoms with Gasteiger partial charge in [-0.1, -0.05) is 13.8 Å². The van der Waals surface area contributed by atoms with Gasteiger partial charge in [0, 0.05) is 44.3 Å². The molecule has 1 fully saturated rings. The third-order valence-corrected chi connectivity index (χ3v) is 4.23. The van der Waals surface area contributed by atoms with E-state index in [1.165, 1.54) is 24.2 Å². The summed E-state index contributed by atoms with van der Waals surface area (Å²) in [6.07, 6.45) is 2.55.